The van der Waals surface area contributed by atoms with E-state index in [0.717, 1.165) is 16.9 Å². The zero-order valence-corrected chi connectivity index (χ0v) is 11.3. The third-order valence-electron chi connectivity index (χ3n) is 2.73. The van der Waals surface area contributed by atoms with E-state index in [9.17, 15) is 0 Å². The number of nitrogens with two attached hydrogens (primary N) is 1. The van der Waals surface area contributed by atoms with Crippen molar-refractivity contribution in [1.29, 1.82) is 0 Å². The van der Waals surface area contributed by atoms with Gasteiger partial charge in [-0.3, -0.25) is 0 Å². The van der Waals surface area contributed by atoms with Crippen LogP contribution in [0.15, 0.2) is 34.9 Å². The fourth-order valence-corrected chi connectivity index (χ4v) is 2.27. The van der Waals surface area contributed by atoms with Crippen molar-refractivity contribution in [1.82, 2.24) is 0 Å². The van der Waals surface area contributed by atoms with E-state index in [4.69, 9.17) is 38.1 Å². The van der Waals surface area contributed by atoms with Crippen LogP contribution in [-0.2, 0) is 6.42 Å². The Bertz CT molecular complexity index is 540. The minimum absolute atomic E-state index is 0.261. The lowest BCUT2D eigenvalue weighted by molar-refractivity contribution is 0.408. The van der Waals surface area contributed by atoms with Crippen LogP contribution in [0, 0.1) is 0 Å². The molecule has 0 aliphatic rings. The molecule has 1 aromatic carbocycles. The molecule has 2 rings (SSSR count). The third kappa shape index (κ3) is 2.80. The van der Waals surface area contributed by atoms with Gasteiger partial charge in [0, 0.05) is 16.6 Å². The van der Waals surface area contributed by atoms with Crippen LogP contribution in [0.1, 0.15) is 17.2 Å². The van der Waals surface area contributed by atoms with Crippen LogP contribution >= 0.6 is 23.2 Å². The Labute approximate surface area is 115 Å². The van der Waals surface area contributed by atoms with E-state index in [0.29, 0.717) is 16.7 Å². The summed E-state index contributed by atoms with van der Waals surface area (Å²) >= 11 is 11.9. The maximum Gasteiger partial charge on any atom is 0.197 e. The van der Waals surface area contributed by atoms with Gasteiger partial charge >= 0.3 is 0 Å². The topological polar surface area (TPSA) is 48.4 Å². The van der Waals surface area contributed by atoms with Gasteiger partial charge in [-0.2, -0.15) is 0 Å². The van der Waals surface area contributed by atoms with Gasteiger partial charge in [-0.05, 0) is 47.9 Å². The minimum Gasteiger partial charge on any atom is -0.496 e. The van der Waals surface area contributed by atoms with E-state index in [2.05, 4.69) is 0 Å². The zero-order valence-electron chi connectivity index (χ0n) is 9.82. The first-order chi connectivity index (χ1) is 8.61. The molecule has 0 radical (unpaired) electrons. The molecule has 0 saturated carbocycles. The van der Waals surface area contributed by atoms with Gasteiger partial charge in [0.25, 0.3) is 0 Å². The second-order valence-corrected chi connectivity index (χ2v) is 4.70. The van der Waals surface area contributed by atoms with Gasteiger partial charge in [0.2, 0.25) is 0 Å². The molecular formula is C13H13Cl2NO2. The van der Waals surface area contributed by atoms with Gasteiger partial charge in [-0.1, -0.05) is 11.6 Å². The Kier molecular flexibility index (Phi) is 4.17. The normalized spacial score (nSPS) is 12.4. The minimum atomic E-state index is -0.261. The van der Waals surface area contributed by atoms with Crippen molar-refractivity contribution in [2.75, 3.05) is 7.11 Å². The Morgan fingerprint density at radius 3 is 2.72 bits per heavy atom. The highest BCUT2D eigenvalue weighted by atomic mass is 35.5. The predicted molar refractivity (Wildman–Crippen MR) is 72.4 cm³/mol. The Hall–Kier alpha value is -1.16. The molecule has 2 aromatic rings. The van der Waals surface area contributed by atoms with Crippen molar-refractivity contribution in [3.8, 4) is 5.75 Å². The smallest absolute Gasteiger partial charge is 0.197 e. The van der Waals surface area contributed by atoms with Crippen molar-refractivity contribution < 1.29 is 9.15 Å². The summed E-state index contributed by atoms with van der Waals surface area (Å²) in [4.78, 5) is 0. The highest BCUT2D eigenvalue weighted by Crippen LogP contribution is 2.29. The highest BCUT2D eigenvalue weighted by Gasteiger charge is 2.15. The maximum atomic E-state index is 6.10. The first kappa shape index (κ1) is 13.3. The predicted octanol–water partition coefficient (Wildman–Crippen LogP) is 3.84. The molecule has 0 bridgehead atoms. The van der Waals surface area contributed by atoms with E-state index >= 15 is 0 Å². The average Bonchev–Trinajstić information content (AvgIpc) is 2.76. The lowest BCUT2D eigenvalue weighted by Crippen LogP contribution is -2.13. The molecule has 96 valence electrons. The molecule has 1 atom stereocenters. The van der Waals surface area contributed by atoms with Gasteiger partial charge in [0.15, 0.2) is 5.22 Å². The lowest BCUT2D eigenvalue weighted by atomic mass is 10.0. The molecule has 0 fully saturated rings. The summed E-state index contributed by atoms with van der Waals surface area (Å²) < 4.78 is 10.3. The number of halogens is 2. The quantitative estimate of drug-likeness (QED) is 0.929. The standard InChI is InChI=1S/C13H13Cl2NO2/c1-17-12-3-2-9(14)6-8(12)7-11(16)10-4-5-18-13(10)15/h2-6,11H,7,16H2,1H3. The van der Waals surface area contributed by atoms with Crippen LogP contribution in [0.25, 0.3) is 0 Å². The van der Waals surface area contributed by atoms with E-state index in [1.165, 1.54) is 6.26 Å². The molecule has 0 aliphatic carbocycles. The molecule has 1 unspecified atom stereocenters. The summed E-state index contributed by atoms with van der Waals surface area (Å²) in [6, 6.07) is 6.95. The number of rotatable bonds is 4. The van der Waals surface area contributed by atoms with Crippen LogP contribution in [0.2, 0.25) is 10.2 Å². The summed E-state index contributed by atoms with van der Waals surface area (Å²) in [7, 11) is 1.61. The average molecular weight is 286 g/mol. The van der Waals surface area contributed by atoms with Crippen LogP contribution < -0.4 is 10.5 Å². The van der Waals surface area contributed by atoms with Crippen molar-refractivity contribution >= 4 is 23.2 Å². The van der Waals surface area contributed by atoms with E-state index in [1.807, 2.05) is 12.1 Å². The second-order valence-electron chi connectivity index (χ2n) is 3.92. The van der Waals surface area contributed by atoms with E-state index in [1.54, 1.807) is 19.2 Å². The summed E-state index contributed by atoms with van der Waals surface area (Å²) in [5.74, 6) is 0.759. The van der Waals surface area contributed by atoms with Crippen molar-refractivity contribution in [2.24, 2.45) is 5.73 Å². The first-order valence-corrected chi connectivity index (χ1v) is 6.18. The lowest BCUT2D eigenvalue weighted by Gasteiger charge is -2.13. The molecule has 1 heterocycles. The molecule has 0 aliphatic heterocycles. The highest BCUT2D eigenvalue weighted by molar-refractivity contribution is 6.30. The monoisotopic (exact) mass is 285 g/mol. The van der Waals surface area contributed by atoms with Gasteiger partial charge in [0.1, 0.15) is 5.75 Å². The molecular weight excluding hydrogens is 273 g/mol. The fourth-order valence-electron chi connectivity index (χ4n) is 1.82. The second kappa shape index (κ2) is 5.65. The van der Waals surface area contributed by atoms with E-state index < -0.39 is 0 Å². The Morgan fingerprint density at radius 1 is 1.33 bits per heavy atom. The molecule has 0 saturated heterocycles. The summed E-state index contributed by atoms with van der Waals surface area (Å²) in [5, 5.41) is 0.972. The molecule has 3 nitrogen and oxygen atoms in total. The molecule has 0 spiro atoms. The summed E-state index contributed by atoms with van der Waals surface area (Å²) in [6.45, 7) is 0. The molecule has 2 N–H and O–H groups in total. The van der Waals surface area contributed by atoms with Crippen molar-refractivity contribution in [3.05, 3.63) is 51.9 Å². The zero-order chi connectivity index (χ0) is 13.1. The Morgan fingerprint density at radius 2 is 2.11 bits per heavy atom. The first-order valence-electron chi connectivity index (χ1n) is 5.42. The van der Waals surface area contributed by atoms with Crippen molar-refractivity contribution in [3.63, 3.8) is 0 Å². The number of hydrogen-bond donors (Lipinski definition) is 1. The van der Waals surface area contributed by atoms with Crippen molar-refractivity contribution in [2.45, 2.75) is 12.5 Å². The number of ether oxygens (including phenoxy) is 1. The SMILES string of the molecule is COc1ccc(Cl)cc1CC(N)c1ccoc1Cl. The number of benzene rings is 1. The summed E-state index contributed by atoms with van der Waals surface area (Å²) in [5.41, 5.74) is 7.82. The largest absolute Gasteiger partial charge is 0.496 e. The van der Waals surface area contributed by atoms with Crippen LogP contribution in [-0.4, -0.2) is 7.11 Å². The number of hydrogen-bond acceptors (Lipinski definition) is 3. The van der Waals surface area contributed by atoms with E-state index in [-0.39, 0.29) is 6.04 Å². The fraction of sp³-hybridized carbons (Fsp3) is 0.231. The van der Waals surface area contributed by atoms with Gasteiger partial charge < -0.3 is 14.9 Å². The molecule has 18 heavy (non-hydrogen) atoms. The van der Waals surface area contributed by atoms with Gasteiger partial charge in [-0.25, -0.2) is 0 Å². The number of methoxy groups -OCH3 is 1. The van der Waals surface area contributed by atoms with Crippen LogP contribution in [0.3, 0.4) is 0 Å². The molecule has 5 heteroatoms. The maximum absolute atomic E-state index is 6.10. The van der Waals surface area contributed by atoms with Gasteiger partial charge in [-0.15, -0.1) is 0 Å². The van der Waals surface area contributed by atoms with Crippen LogP contribution in [0.4, 0.5) is 0 Å². The van der Waals surface area contributed by atoms with Gasteiger partial charge in [0.05, 0.1) is 13.4 Å². The third-order valence-corrected chi connectivity index (χ3v) is 3.27. The molecule has 1 aromatic heterocycles. The molecule has 0 amide bonds. The Balaban J connectivity index is 2.23. The van der Waals surface area contributed by atoms with Crippen LogP contribution in [0.5, 0.6) is 5.75 Å². The summed E-state index contributed by atoms with van der Waals surface area (Å²) in [6.07, 6.45) is 2.09. The number of furan rings is 1.